The maximum absolute atomic E-state index is 4.47. The van der Waals surface area contributed by atoms with Crippen LogP contribution in [0, 0.1) is 0 Å². The fourth-order valence-electron chi connectivity index (χ4n) is 1.81. The molecule has 0 atom stereocenters. The molecule has 2 aromatic rings. The van der Waals surface area contributed by atoms with Gasteiger partial charge in [0.1, 0.15) is 5.82 Å². The molecule has 0 aliphatic carbocycles. The van der Waals surface area contributed by atoms with Crippen LogP contribution in [0.1, 0.15) is 13.3 Å². The van der Waals surface area contributed by atoms with Crippen LogP contribution in [0.2, 0.25) is 0 Å². The van der Waals surface area contributed by atoms with E-state index in [-0.39, 0.29) is 0 Å². The molecule has 104 valence electrons. The summed E-state index contributed by atoms with van der Waals surface area (Å²) in [5.41, 5.74) is 0.751. The molecule has 0 unspecified atom stereocenters. The van der Waals surface area contributed by atoms with Crippen molar-refractivity contribution in [3.63, 3.8) is 0 Å². The highest BCUT2D eigenvalue weighted by molar-refractivity contribution is 5.86. The van der Waals surface area contributed by atoms with Crippen LogP contribution in [0.3, 0.4) is 0 Å². The third-order valence-electron chi connectivity index (χ3n) is 2.72. The van der Waals surface area contributed by atoms with Crippen LogP contribution in [-0.2, 0) is 0 Å². The van der Waals surface area contributed by atoms with Crippen LogP contribution >= 0.6 is 0 Å². The van der Waals surface area contributed by atoms with Crippen molar-refractivity contribution in [2.75, 3.05) is 44.4 Å². The third kappa shape index (κ3) is 3.54. The fraction of sp³-hybridized carbons (Fsp3) is 0.583. The first-order chi connectivity index (χ1) is 9.20. The summed E-state index contributed by atoms with van der Waals surface area (Å²) in [6.45, 7) is 4.73. The van der Waals surface area contributed by atoms with Crippen molar-refractivity contribution in [3.8, 4) is 0 Å². The van der Waals surface area contributed by atoms with E-state index in [4.69, 9.17) is 0 Å². The van der Waals surface area contributed by atoms with Crippen molar-refractivity contribution in [2.45, 2.75) is 13.3 Å². The largest absolute Gasteiger partial charge is 0.369 e. The van der Waals surface area contributed by atoms with Crippen LogP contribution in [0.4, 0.5) is 11.8 Å². The average molecular weight is 263 g/mol. The Hall–Kier alpha value is -1.89. The molecule has 0 fully saturated rings. The van der Waals surface area contributed by atoms with E-state index in [9.17, 15) is 0 Å². The lowest BCUT2D eigenvalue weighted by Gasteiger charge is -2.11. The number of nitrogens with zero attached hydrogens (tertiary/aromatic N) is 4. The number of H-pyrrole nitrogens is 1. The maximum Gasteiger partial charge on any atom is 0.226 e. The summed E-state index contributed by atoms with van der Waals surface area (Å²) < 4.78 is 0. The van der Waals surface area contributed by atoms with E-state index < -0.39 is 0 Å². The Morgan fingerprint density at radius 1 is 1.26 bits per heavy atom. The van der Waals surface area contributed by atoms with Crippen molar-refractivity contribution < 1.29 is 0 Å². The lowest BCUT2D eigenvalue weighted by atomic mass is 10.3. The topological polar surface area (TPSA) is 81.8 Å². The van der Waals surface area contributed by atoms with Gasteiger partial charge in [-0.1, -0.05) is 0 Å². The molecular formula is C12H21N7. The van der Waals surface area contributed by atoms with Crippen molar-refractivity contribution in [3.05, 3.63) is 6.20 Å². The van der Waals surface area contributed by atoms with Crippen LogP contribution in [0.15, 0.2) is 6.20 Å². The molecular weight excluding hydrogens is 242 g/mol. The van der Waals surface area contributed by atoms with Gasteiger partial charge in [-0.15, -0.1) is 0 Å². The molecule has 0 radical (unpaired) electrons. The molecule has 0 aliphatic heterocycles. The molecule has 0 aromatic carbocycles. The zero-order valence-corrected chi connectivity index (χ0v) is 11.7. The maximum atomic E-state index is 4.47. The second-order valence-electron chi connectivity index (χ2n) is 4.64. The molecule has 0 aliphatic rings. The molecule has 0 amide bonds. The Labute approximate surface area is 112 Å². The molecule has 19 heavy (non-hydrogen) atoms. The molecule has 7 nitrogen and oxygen atoms in total. The number of rotatable bonds is 7. The van der Waals surface area contributed by atoms with E-state index in [1.807, 2.05) is 6.92 Å². The summed E-state index contributed by atoms with van der Waals surface area (Å²) >= 11 is 0. The van der Waals surface area contributed by atoms with Crippen LogP contribution in [0.25, 0.3) is 11.0 Å². The molecule has 3 N–H and O–H groups in total. The summed E-state index contributed by atoms with van der Waals surface area (Å²) in [6.07, 6.45) is 2.81. The monoisotopic (exact) mass is 263 g/mol. The van der Waals surface area contributed by atoms with Crippen molar-refractivity contribution in [1.29, 1.82) is 0 Å². The summed E-state index contributed by atoms with van der Waals surface area (Å²) in [5.74, 6) is 1.45. The Balaban J connectivity index is 2.09. The van der Waals surface area contributed by atoms with Crippen molar-refractivity contribution >= 4 is 22.8 Å². The molecule has 2 rings (SSSR count). The minimum Gasteiger partial charge on any atom is -0.369 e. The normalized spacial score (nSPS) is 11.2. The lowest BCUT2D eigenvalue weighted by molar-refractivity contribution is 0.405. The number of hydrogen-bond donors (Lipinski definition) is 3. The van der Waals surface area contributed by atoms with Gasteiger partial charge in [-0.3, -0.25) is 5.10 Å². The first-order valence-electron chi connectivity index (χ1n) is 6.54. The molecule has 7 heteroatoms. The highest BCUT2D eigenvalue weighted by Crippen LogP contribution is 2.19. The van der Waals surface area contributed by atoms with Crippen molar-refractivity contribution in [2.24, 2.45) is 0 Å². The van der Waals surface area contributed by atoms with Crippen LogP contribution in [-0.4, -0.2) is 58.8 Å². The number of aromatic amines is 1. The zero-order valence-electron chi connectivity index (χ0n) is 11.7. The summed E-state index contributed by atoms with van der Waals surface area (Å²) in [7, 11) is 4.14. The van der Waals surface area contributed by atoms with Crippen molar-refractivity contribution in [1.82, 2.24) is 25.1 Å². The van der Waals surface area contributed by atoms with E-state index in [0.29, 0.717) is 5.95 Å². The van der Waals surface area contributed by atoms with Gasteiger partial charge in [0, 0.05) is 13.1 Å². The highest BCUT2D eigenvalue weighted by atomic mass is 15.2. The lowest BCUT2D eigenvalue weighted by Crippen LogP contribution is -2.17. The van der Waals surface area contributed by atoms with Gasteiger partial charge < -0.3 is 15.5 Å². The third-order valence-corrected chi connectivity index (χ3v) is 2.72. The Kier molecular flexibility index (Phi) is 4.51. The summed E-state index contributed by atoms with van der Waals surface area (Å²) in [6, 6.07) is 0. The zero-order chi connectivity index (χ0) is 13.7. The quantitative estimate of drug-likeness (QED) is 0.650. The highest BCUT2D eigenvalue weighted by Gasteiger charge is 2.08. The van der Waals surface area contributed by atoms with E-state index in [1.54, 1.807) is 6.20 Å². The predicted molar refractivity (Wildman–Crippen MR) is 77.5 cm³/mol. The van der Waals surface area contributed by atoms with Gasteiger partial charge >= 0.3 is 0 Å². The first kappa shape index (κ1) is 13.5. The predicted octanol–water partition coefficient (Wildman–Crippen LogP) is 1.15. The molecule has 2 heterocycles. The van der Waals surface area contributed by atoms with Gasteiger partial charge in [-0.05, 0) is 34.0 Å². The van der Waals surface area contributed by atoms with E-state index in [0.717, 1.165) is 42.9 Å². The molecule has 2 aromatic heterocycles. The number of fused-ring (bicyclic) bond motifs is 1. The number of hydrogen-bond acceptors (Lipinski definition) is 6. The van der Waals surface area contributed by atoms with Crippen LogP contribution < -0.4 is 10.6 Å². The van der Waals surface area contributed by atoms with E-state index in [2.05, 4.69) is 49.8 Å². The Bertz CT molecular complexity index is 520. The first-order valence-corrected chi connectivity index (χ1v) is 6.54. The molecule has 0 saturated carbocycles. The van der Waals surface area contributed by atoms with Gasteiger partial charge in [-0.2, -0.15) is 15.1 Å². The Morgan fingerprint density at radius 2 is 2.11 bits per heavy atom. The standard InChI is InChI=1S/C12H21N7/c1-4-13-12-16-10(14-6-5-7-19(2)3)9-8-15-18-11(9)17-12/h8H,4-7H2,1-3H3,(H3,13,14,15,16,17,18). The minimum atomic E-state index is 0.620. The van der Waals surface area contributed by atoms with Gasteiger partial charge in [0.25, 0.3) is 0 Å². The summed E-state index contributed by atoms with van der Waals surface area (Å²) in [5, 5.41) is 14.3. The van der Waals surface area contributed by atoms with Gasteiger partial charge in [0.15, 0.2) is 5.65 Å². The molecule has 0 bridgehead atoms. The smallest absolute Gasteiger partial charge is 0.226 e. The van der Waals surface area contributed by atoms with Gasteiger partial charge in [0.2, 0.25) is 5.95 Å². The number of nitrogens with one attached hydrogen (secondary N) is 3. The average Bonchev–Trinajstić information content (AvgIpc) is 2.83. The SMILES string of the molecule is CCNc1nc(NCCCN(C)C)c2cn[nH]c2n1. The van der Waals surface area contributed by atoms with Gasteiger partial charge in [-0.25, -0.2) is 0 Å². The molecule has 0 saturated heterocycles. The second kappa shape index (κ2) is 6.33. The minimum absolute atomic E-state index is 0.620. The number of anilines is 2. The van der Waals surface area contributed by atoms with E-state index in [1.165, 1.54) is 0 Å². The van der Waals surface area contributed by atoms with E-state index >= 15 is 0 Å². The number of aromatic nitrogens is 4. The second-order valence-corrected chi connectivity index (χ2v) is 4.64. The molecule has 0 spiro atoms. The fourth-order valence-corrected chi connectivity index (χ4v) is 1.81. The van der Waals surface area contributed by atoms with Gasteiger partial charge in [0.05, 0.1) is 11.6 Å². The van der Waals surface area contributed by atoms with Crippen LogP contribution in [0.5, 0.6) is 0 Å². The Morgan fingerprint density at radius 3 is 2.84 bits per heavy atom. The summed E-state index contributed by atoms with van der Waals surface area (Å²) in [4.78, 5) is 11.0.